The second-order valence-corrected chi connectivity index (χ2v) is 6.49. The predicted octanol–water partition coefficient (Wildman–Crippen LogP) is 2.45. The molecule has 2 rings (SSSR count). The molecule has 5 nitrogen and oxygen atoms in total. The topological polar surface area (TPSA) is 59.1 Å². The van der Waals surface area contributed by atoms with Crippen LogP contribution in [0.5, 0.6) is 0 Å². The molecule has 0 bridgehead atoms. The highest BCUT2D eigenvalue weighted by atomic mass is 15.3. The molecule has 1 saturated carbocycles. The van der Waals surface area contributed by atoms with Gasteiger partial charge in [0, 0.05) is 24.5 Å². The quantitative estimate of drug-likeness (QED) is 0.480. The van der Waals surface area contributed by atoms with Crippen LogP contribution in [0.15, 0.2) is 12.4 Å². The van der Waals surface area contributed by atoms with Crippen LogP contribution in [0.25, 0.3) is 0 Å². The molecule has 1 fully saturated rings. The highest BCUT2D eigenvalue weighted by Gasteiger charge is 2.43. The van der Waals surface area contributed by atoms with Crippen molar-refractivity contribution < 1.29 is 0 Å². The number of aromatic nitrogens is 2. The molecule has 1 atom stereocenters. The summed E-state index contributed by atoms with van der Waals surface area (Å²) in [6, 6.07) is 0.0761. The third-order valence-corrected chi connectivity index (χ3v) is 5.03. The van der Waals surface area contributed by atoms with E-state index in [-0.39, 0.29) is 11.6 Å². The Morgan fingerprint density at radius 1 is 1.33 bits per heavy atom. The molecule has 1 aromatic rings. The van der Waals surface area contributed by atoms with E-state index in [4.69, 9.17) is 5.84 Å². The smallest absolute Gasteiger partial charge is 0.129 e. The third kappa shape index (κ3) is 3.30. The number of nitrogens with two attached hydrogens (primary N) is 1. The van der Waals surface area contributed by atoms with E-state index in [2.05, 4.69) is 47.1 Å². The molecule has 0 aromatic carbocycles. The SMILES string of the molecule is CCCn1ccnc1C(NN)C1(N(C)C)CCCCCC1. The van der Waals surface area contributed by atoms with E-state index in [1.165, 1.54) is 38.5 Å². The summed E-state index contributed by atoms with van der Waals surface area (Å²) < 4.78 is 2.25. The van der Waals surface area contributed by atoms with Crippen LogP contribution in [0.3, 0.4) is 0 Å². The molecule has 3 N–H and O–H groups in total. The van der Waals surface area contributed by atoms with Gasteiger partial charge in [-0.05, 0) is 33.4 Å². The lowest BCUT2D eigenvalue weighted by Gasteiger charge is -2.45. The normalized spacial score (nSPS) is 20.4. The number of rotatable bonds is 6. The second-order valence-electron chi connectivity index (χ2n) is 6.49. The summed E-state index contributed by atoms with van der Waals surface area (Å²) in [5.74, 6) is 7.08. The number of hydrogen-bond donors (Lipinski definition) is 2. The standard InChI is InChI=1S/C16H31N5/c1-4-12-21-13-11-18-15(21)14(19-17)16(20(2)3)9-7-5-6-8-10-16/h11,13-14,19H,4-10,12,17H2,1-3H3. The maximum atomic E-state index is 6.00. The van der Waals surface area contributed by atoms with Gasteiger partial charge in [-0.25, -0.2) is 10.4 Å². The zero-order valence-corrected chi connectivity index (χ0v) is 13.8. The van der Waals surface area contributed by atoms with Crippen LogP contribution in [0.4, 0.5) is 0 Å². The summed E-state index contributed by atoms with van der Waals surface area (Å²) in [5, 5.41) is 0. The fraction of sp³-hybridized carbons (Fsp3) is 0.812. The van der Waals surface area contributed by atoms with Crippen LogP contribution >= 0.6 is 0 Å². The zero-order chi connectivity index (χ0) is 15.3. The highest BCUT2D eigenvalue weighted by Crippen LogP contribution is 2.40. The Morgan fingerprint density at radius 3 is 2.52 bits per heavy atom. The van der Waals surface area contributed by atoms with Gasteiger partial charge in [0.1, 0.15) is 5.82 Å². The molecule has 0 aliphatic heterocycles. The number of nitrogens with zero attached hydrogens (tertiary/aromatic N) is 3. The minimum Gasteiger partial charge on any atom is -0.334 e. The summed E-state index contributed by atoms with van der Waals surface area (Å²) in [5.41, 5.74) is 3.16. The minimum atomic E-state index is 0.0576. The van der Waals surface area contributed by atoms with E-state index in [9.17, 15) is 0 Å². The number of likely N-dealkylation sites (N-methyl/N-ethyl adjacent to an activating group) is 1. The van der Waals surface area contributed by atoms with Gasteiger partial charge in [-0.3, -0.25) is 5.84 Å². The lowest BCUT2D eigenvalue weighted by Crippen LogP contribution is -2.55. The monoisotopic (exact) mass is 293 g/mol. The van der Waals surface area contributed by atoms with Crippen LogP contribution in [-0.4, -0.2) is 34.1 Å². The molecule has 0 spiro atoms. The van der Waals surface area contributed by atoms with Crippen LogP contribution in [-0.2, 0) is 6.54 Å². The van der Waals surface area contributed by atoms with E-state index >= 15 is 0 Å². The first-order valence-electron chi connectivity index (χ1n) is 8.30. The van der Waals surface area contributed by atoms with Crippen molar-refractivity contribution in [3.05, 3.63) is 18.2 Å². The number of nitrogens with one attached hydrogen (secondary N) is 1. The van der Waals surface area contributed by atoms with Crippen molar-refractivity contribution in [1.82, 2.24) is 19.9 Å². The average molecular weight is 293 g/mol. The number of aryl methyl sites for hydroxylation is 1. The summed E-state index contributed by atoms with van der Waals surface area (Å²) in [4.78, 5) is 7.00. The van der Waals surface area contributed by atoms with Gasteiger partial charge < -0.3 is 9.47 Å². The van der Waals surface area contributed by atoms with Gasteiger partial charge >= 0.3 is 0 Å². The van der Waals surface area contributed by atoms with Crippen molar-refractivity contribution in [3.63, 3.8) is 0 Å². The van der Waals surface area contributed by atoms with Crippen LogP contribution in [0.1, 0.15) is 63.7 Å². The summed E-state index contributed by atoms with van der Waals surface area (Å²) in [6.45, 7) is 3.19. The van der Waals surface area contributed by atoms with Gasteiger partial charge in [0.15, 0.2) is 0 Å². The van der Waals surface area contributed by atoms with E-state index in [0.717, 1.165) is 18.8 Å². The first-order valence-corrected chi connectivity index (χ1v) is 8.30. The third-order valence-electron chi connectivity index (χ3n) is 5.03. The van der Waals surface area contributed by atoms with E-state index in [1.807, 2.05) is 6.20 Å². The molecular weight excluding hydrogens is 262 g/mol. The van der Waals surface area contributed by atoms with Gasteiger partial charge in [0.25, 0.3) is 0 Å². The molecule has 1 aliphatic carbocycles. The van der Waals surface area contributed by atoms with E-state index in [0.29, 0.717) is 0 Å². The van der Waals surface area contributed by atoms with E-state index in [1.54, 1.807) is 0 Å². The Bertz CT molecular complexity index is 418. The van der Waals surface area contributed by atoms with Gasteiger partial charge in [-0.1, -0.05) is 32.6 Å². The molecule has 1 unspecified atom stereocenters. The molecule has 0 radical (unpaired) electrons. The molecule has 5 heteroatoms. The number of hydrazine groups is 1. The Balaban J connectivity index is 2.37. The Morgan fingerprint density at radius 2 is 2.00 bits per heavy atom. The molecular formula is C16H31N5. The van der Waals surface area contributed by atoms with Crippen molar-refractivity contribution in [2.24, 2.45) is 5.84 Å². The van der Waals surface area contributed by atoms with E-state index < -0.39 is 0 Å². The first kappa shape index (κ1) is 16.5. The van der Waals surface area contributed by atoms with Gasteiger partial charge in [0.2, 0.25) is 0 Å². The summed E-state index contributed by atoms with van der Waals surface area (Å²) in [6.07, 6.45) is 12.6. The zero-order valence-electron chi connectivity index (χ0n) is 13.8. The van der Waals surface area contributed by atoms with Crippen LogP contribution in [0.2, 0.25) is 0 Å². The molecule has 120 valence electrons. The average Bonchev–Trinajstić information content (AvgIpc) is 2.76. The minimum absolute atomic E-state index is 0.0576. The molecule has 0 saturated heterocycles. The van der Waals surface area contributed by atoms with Gasteiger partial charge in [-0.2, -0.15) is 0 Å². The lowest BCUT2D eigenvalue weighted by atomic mass is 9.81. The summed E-state index contributed by atoms with van der Waals surface area (Å²) >= 11 is 0. The summed E-state index contributed by atoms with van der Waals surface area (Å²) in [7, 11) is 4.37. The number of hydrogen-bond acceptors (Lipinski definition) is 4. The Kier molecular flexibility index (Phi) is 5.79. The second kappa shape index (κ2) is 7.38. The molecule has 1 heterocycles. The maximum Gasteiger partial charge on any atom is 0.129 e. The van der Waals surface area contributed by atoms with Gasteiger partial charge in [-0.15, -0.1) is 0 Å². The van der Waals surface area contributed by atoms with Crippen LogP contribution < -0.4 is 11.3 Å². The fourth-order valence-electron chi connectivity index (χ4n) is 3.82. The Labute approximate surface area is 128 Å². The van der Waals surface area contributed by atoms with Crippen molar-refractivity contribution in [2.75, 3.05) is 14.1 Å². The lowest BCUT2D eigenvalue weighted by molar-refractivity contribution is 0.0745. The highest BCUT2D eigenvalue weighted by molar-refractivity contribution is 5.11. The molecule has 0 amide bonds. The van der Waals surface area contributed by atoms with Crippen molar-refractivity contribution >= 4 is 0 Å². The molecule has 1 aromatic heterocycles. The van der Waals surface area contributed by atoms with Crippen LogP contribution in [0, 0.1) is 0 Å². The van der Waals surface area contributed by atoms with Crippen molar-refractivity contribution in [1.29, 1.82) is 0 Å². The molecule has 21 heavy (non-hydrogen) atoms. The van der Waals surface area contributed by atoms with Gasteiger partial charge in [0.05, 0.1) is 6.04 Å². The number of imidazole rings is 1. The molecule has 1 aliphatic rings. The Hall–Kier alpha value is -0.910. The van der Waals surface area contributed by atoms with Crippen molar-refractivity contribution in [2.45, 2.75) is 70.0 Å². The largest absolute Gasteiger partial charge is 0.334 e. The first-order chi connectivity index (χ1) is 10.2. The predicted molar refractivity (Wildman–Crippen MR) is 86.7 cm³/mol. The van der Waals surface area contributed by atoms with Crippen molar-refractivity contribution in [3.8, 4) is 0 Å². The maximum absolute atomic E-state index is 6.00. The fourth-order valence-corrected chi connectivity index (χ4v) is 3.82.